The molecule has 302 valence electrons. The monoisotopic (exact) mass is 739 g/mol. The molecule has 52 heavy (non-hydrogen) atoms. The first-order chi connectivity index (χ1) is 24.1. The molecule has 0 aromatic carbocycles. The fraction of sp³-hybridized carbons (Fsp3) is 0.952. The lowest BCUT2D eigenvalue weighted by molar-refractivity contribution is -0.337. The number of hydrogen-bond acceptors (Lipinski definition) is 10. The molecule has 10 heteroatoms. The van der Waals surface area contributed by atoms with Crippen LogP contribution in [0.2, 0.25) is 0 Å². The van der Waals surface area contributed by atoms with Gasteiger partial charge in [-0.2, -0.15) is 0 Å². The summed E-state index contributed by atoms with van der Waals surface area (Å²) >= 11 is 0. The summed E-state index contributed by atoms with van der Waals surface area (Å²) < 4.78 is 36.3. The van der Waals surface area contributed by atoms with Gasteiger partial charge in [0.15, 0.2) is 12.6 Å². The van der Waals surface area contributed by atoms with Gasteiger partial charge in [-0.1, -0.05) is 76.2 Å². The van der Waals surface area contributed by atoms with Gasteiger partial charge in [-0.15, -0.1) is 0 Å². The van der Waals surface area contributed by atoms with Gasteiger partial charge in [-0.05, 0) is 85.4 Å². The molecule has 2 saturated heterocycles. The Hall–Kier alpha value is -1.30. The molecular weight excluding hydrogens is 664 g/mol. The molecule has 4 rings (SSSR count). The summed E-state index contributed by atoms with van der Waals surface area (Å²) in [6, 6.07) is 0. The lowest BCUT2D eigenvalue weighted by Gasteiger charge is -2.48. The van der Waals surface area contributed by atoms with E-state index in [0.717, 1.165) is 38.5 Å². The molecule has 0 aromatic rings. The van der Waals surface area contributed by atoms with Crippen LogP contribution in [0.1, 0.15) is 128 Å². The number of carbonyl (C=O) groups excluding carboxylic acids is 2. The molecule has 4 aliphatic rings. The molecule has 10 nitrogen and oxygen atoms in total. The van der Waals surface area contributed by atoms with E-state index in [1.807, 2.05) is 27.7 Å². The lowest BCUT2D eigenvalue weighted by Crippen LogP contribution is -2.57. The van der Waals surface area contributed by atoms with Crippen LogP contribution in [0, 0.1) is 63.1 Å². The minimum atomic E-state index is -0.546. The average molecular weight is 739 g/mol. The van der Waals surface area contributed by atoms with Crippen molar-refractivity contribution in [3.63, 3.8) is 0 Å². The molecule has 0 bridgehead atoms. The third kappa shape index (κ3) is 11.4. The topological polar surface area (TPSA) is 130 Å². The Kier molecular flexibility index (Phi) is 14.7. The van der Waals surface area contributed by atoms with Crippen molar-refractivity contribution < 1.29 is 48.2 Å². The molecule has 8 unspecified atom stereocenters. The van der Waals surface area contributed by atoms with Gasteiger partial charge in [0.1, 0.15) is 13.2 Å². The summed E-state index contributed by atoms with van der Waals surface area (Å²) in [5.41, 5.74) is -1.51. The van der Waals surface area contributed by atoms with E-state index in [9.17, 15) is 19.8 Å². The zero-order valence-electron chi connectivity index (χ0n) is 34.4. The van der Waals surface area contributed by atoms with Gasteiger partial charge in [0.25, 0.3) is 0 Å². The third-order valence-corrected chi connectivity index (χ3v) is 12.8. The van der Waals surface area contributed by atoms with Crippen LogP contribution in [0.3, 0.4) is 0 Å². The van der Waals surface area contributed by atoms with Crippen LogP contribution < -0.4 is 0 Å². The van der Waals surface area contributed by atoms with Crippen molar-refractivity contribution in [1.82, 2.24) is 0 Å². The van der Waals surface area contributed by atoms with Crippen LogP contribution in [0.5, 0.6) is 0 Å². The second-order valence-electron chi connectivity index (χ2n) is 20.3. The molecule has 2 aliphatic carbocycles. The Labute approximate surface area is 314 Å². The summed E-state index contributed by atoms with van der Waals surface area (Å²) in [5.74, 6) is 1.81. The fourth-order valence-corrected chi connectivity index (χ4v) is 9.08. The SMILES string of the molecule is CC(C)C1CC(CCC(=O)OCC(C)(C)C2OCC3(CO2)COC(C(C)(C)COC(=O)CCC2CC(C)C(O)C(C(C)(C)C)C2)OC3)CC(C)C1O. The highest BCUT2D eigenvalue weighted by Gasteiger charge is 2.48. The van der Waals surface area contributed by atoms with E-state index < -0.39 is 28.8 Å². The zero-order chi connectivity index (χ0) is 38.6. The predicted molar refractivity (Wildman–Crippen MR) is 199 cm³/mol. The van der Waals surface area contributed by atoms with Crippen molar-refractivity contribution in [1.29, 1.82) is 0 Å². The molecule has 1 spiro atoms. The van der Waals surface area contributed by atoms with Gasteiger partial charge in [0.2, 0.25) is 0 Å². The molecule has 2 saturated carbocycles. The Morgan fingerprint density at radius 2 is 1.08 bits per heavy atom. The molecule has 2 aliphatic heterocycles. The van der Waals surface area contributed by atoms with Crippen LogP contribution in [-0.2, 0) is 38.0 Å². The number of ether oxygens (including phenoxy) is 6. The first-order valence-corrected chi connectivity index (χ1v) is 20.3. The second-order valence-corrected chi connectivity index (χ2v) is 20.3. The van der Waals surface area contributed by atoms with Crippen molar-refractivity contribution in [2.24, 2.45) is 63.1 Å². The Bertz CT molecular complexity index is 1140. The van der Waals surface area contributed by atoms with E-state index in [1.54, 1.807) is 0 Å². The van der Waals surface area contributed by atoms with Crippen molar-refractivity contribution in [3.8, 4) is 0 Å². The Morgan fingerprint density at radius 3 is 1.48 bits per heavy atom. The van der Waals surface area contributed by atoms with Gasteiger partial charge in [0.05, 0.1) is 44.1 Å². The Morgan fingerprint density at radius 1 is 0.673 bits per heavy atom. The third-order valence-electron chi connectivity index (χ3n) is 12.8. The highest BCUT2D eigenvalue weighted by molar-refractivity contribution is 5.69. The zero-order valence-corrected chi connectivity index (χ0v) is 34.4. The molecule has 0 aromatic heterocycles. The lowest BCUT2D eigenvalue weighted by atomic mass is 9.63. The number of rotatable bonds is 13. The molecule has 2 N–H and O–H groups in total. The Balaban J connectivity index is 1.14. The number of carbonyl (C=O) groups is 2. The molecule has 4 fully saturated rings. The number of aliphatic hydroxyl groups excluding tert-OH is 2. The largest absolute Gasteiger partial charge is 0.465 e. The van der Waals surface area contributed by atoms with Crippen LogP contribution >= 0.6 is 0 Å². The normalized spacial score (nSPS) is 36.5. The second kappa shape index (κ2) is 17.7. The van der Waals surface area contributed by atoms with E-state index in [4.69, 9.17) is 28.4 Å². The van der Waals surface area contributed by atoms with E-state index in [1.165, 1.54) is 0 Å². The highest BCUT2D eigenvalue weighted by atomic mass is 16.7. The van der Waals surface area contributed by atoms with Crippen LogP contribution in [0.4, 0.5) is 0 Å². The van der Waals surface area contributed by atoms with Gasteiger partial charge in [0, 0.05) is 23.7 Å². The smallest absolute Gasteiger partial charge is 0.305 e. The molecule has 0 amide bonds. The fourth-order valence-electron chi connectivity index (χ4n) is 9.08. The maximum absolute atomic E-state index is 12.8. The van der Waals surface area contributed by atoms with Crippen molar-refractivity contribution >= 4 is 11.9 Å². The number of hydrogen-bond donors (Lipinski definition) is 2. The standard InChI is InChI=1S/C42H74O10/c1-26(2)31-18-29(16-27(3)35(31)45)12-14-33(43)47-20-40(8,9)37-49-22-42(23-50-37)24-51-38(52-25-42)41(10,11)21-48-34(44)15-13-30-17-28(4)36(46)32(19-30)39(5,6)7/h26-32,35-38,45-46H,12-25H2,1-11H3. The van der Waals surface area contributed by atoms with Gasteiger partial charge in [-0.3, -0.25) is 9.59 Å². The molecule has 0 radical (unpaired) electrons. The number of aliphatic hydroxyl groups is 2. The maximum Gasteiger partial charge on any atom is 0.305 e. The minimum Gasteiger partial charge on any atom is -0.465 e. The summed E-state index contributed by atoms with van der Waals surface area (Å²) in [5, 5.41) is 21.3. The van der Waals surface area contributed by atoms with Crippen LogP contribution in [0.15, 0.2) is 0 Å². The molecular formula is C42H74O10. The van der Waals surface area contributed by atoms with Crippen molar-refractivity contribution in [2.45, 2.75) is 152 Å². The first kappa shape index (κ1) is 43.4. The predicted octanol–water partition coefficient (Wildman–Crippen LogP) is 7.17. The summed E-state index contributed by atoms with van der Waals surface area (Å²) in [7, 11) is 0. The summed E-state index contributed by atoms with van der Waals surface area (Å²) in [6.07, 6.45) is 4.44. The van der Waals surface area contributed by atoms with E-state index in [0.29, 0.717) is 57.0 Å². The highest BCUT2D eigenvalue weighted by Crippen LogP contribution is 2.45. The van der Waals surface area contributed by atoms with Crippen LogP contribution in [-0.4, -0.2) is 86.6 Å². The minimum absolute atomic E-state index is 0.0267. The number of esters is 2. The van der Waals surface area contributed by atoms with Gasteiger partial charge >= 0.3 is 11.9 Å². The summed E-state index contributed by atoms with van der Waals surface area (Å²) in [6.45, 7) is 25.0. The van der Waals surface area contributed by atoms with Gasteiger partial charge < -0.3 is 38.6 Å². The van der Waals surface area contributed by atoms with Crippen molar-refractivity contribution in [2.75, 3.05) is 39.6 Å². The average Bonchev–Trinajstić information content (AvgIpc) is 3.07. The van der Waals surface area contributed by atoms with E-state index in [2.05, 4.69) is 48.5 Å². The van der Waals surface area contributed by atoms with Crippen LogP contribution in [0.25, 0.3) is 0 Å². The van der Waals surface area contributed by atoms with E-state index in [-0.39, 0.29) is 66.4 Å². The maximum atomic E-state index is 12.8. The van der Waals surface area contributed by atoms with Gasteiger partial charge in [-0.25, -0.2) is 0 Å². The quantitative estimate of drug-likeness (QED) is 0.188. The van der Waals surface area contributed by atoms with E-state index >= 15 is 0 Å². The molecule has 2 heterocycles. The molecule has 8 atom stereocenters. The summed E-state index contributed by atoms with van der Waals surface area (Å²) in [4.78, 5) is 25.6. The first-order valence-electron chi connectivity index (χ1n) is 20.3. The van der Waals surface area contributed by atoms with Crippen molar-refractivity contribution in [3.05, 3.63) is 0 Å².